The molecule has 1 aromatic heterocycles. The fraction of sp³-hybridized carbons (Fsp3) is 0.125. The van der Waals surface area contributed by atoms with E-state index in [1.807, 2.05) is 48.5 Å². The monoisotopic (exact) mass is 253 g/mol. The lowest BCUT2D eigenvalue weighted by atomic mass is 9.99. The van der Waals surface area contributed by atoms with Crippen LogP contribution >= 0.6 is 0 Å². The highest BCUT2D eigenvalue weighted by Crippen LogP contribution is 2.30. The van der Waals surface area contributed by atoms with Crippen molar-refractivity contribution in [2.24, 2.45) is 5.73 Å². The van der Waals surface area contributed by atoms with Crippen LogP contribution in [0.25, 0.3) is 11.0 Å². The molecule has 1 heterocycles. The summed E-state index contributed by atoms with van der Waals surface area (Å²) in [4.78, 5) is 0. The molecule has 0 radical (unpaired) electrons. The molecule has 3 rings (SSSR count). The van der Waals surface area contributed by atoms with Crippen LogP contribution in [0, 0.1) is 0 Å². The van der Waals surface area contributed by atoms with E-state index in [0.717, 1.165) is 27.7 Å². The third-order valence-corrected chi connectivity index (χ3v) is 3.31. The number of aliphatic hydroxyl groups excluding tert-OH is 1. The Bertz CT molecular complexity index is 703. The van der Waals surface area contributed by atoms with E-state index < -0.39 is 6.10 Å². The minimum absolute atomic E-state index is 0.465. The van der Waals surface area contributed by atoms with Gasteiger partial charge >= 0.3 is 0 Å². The number of para-hydroxylation sites is 1. The highest BCUT2D eigenvalue weighted by atomic mass is 16.3. The maximum absolute atomic E-state index is 10.5. The Hall–Kier alpha value is -2.10. The van der Waals surface area contributed by atoms with Crippen LogP contribution in [-0.2, 0) is 6.54 Å². The zero-order chi connectivity index (χ0) is 13.2. The van der Waals surface area contributed by atoms with Gasteiger partial charge in [0.05, 0.1) is 6.26 Å². The van der Waals surface area contributed by atoms with E-state index in [-0.39, 0.29) is 0 Å². The van der Waals surface area contributed by atoms with E-state index in [4.69, 9.17) is 10.2 Å². The van der Waals surface area contributed by atoms with Crippen molar-refractivity contribution in [1.82, 2.24) is 0 Å². The van der Waals surface area contributed by atoms with E-state index in [9.17, 15) is 5.11 Å². The number of benzene rings is 2. The van der Waals surface area contributed by atoms with Crippen molar-refractivity contribution in [3.63, 3.8) is 0 Å². The largest absolute Gasteiger partial charge is 0.464 e. The van der Waals surface area contributed by atoms with E-state index in [0.29, 0.717) is 6.54 Å². The molecule has 0 aliphatic rings. The first-order valence-corrected chi connectivity index (χ1v) is 6.22. The number of rotatable bonds is 3. The average molecular weight is 253 g/mol. The van der Waals surface area contributed by atoms with Crippen LogP contribution in [0.1, 0.15) is 22.8 Å². The third kappa shape index (κ3) is 2.14. The molecular weight excluding hydrogens is 238 g/mol. The normalized spacial score (nSPS) is 12.7. The minimum Gasteiger partial charge on any atom is -0.464 e. The van der Waals surface area contributed by atoms with Gasteiger partial charge in [0.1, 0.15) is 11.7 Å². The summed E-state index contributed by atoms with van der Waals surface area (Å²) < 4.78 is 5.46. The molecule has 96 valence electrons. The van der Waals surface area contributed by atoms with Crippen molar-refractivity contribution in [3.8, 4) is 0 Å². The SMILES string of the molecule is NCc1cccc(C(O)c2coc3ccccc23)c1. The average Bonchev–Trinajstić information content (AvgIpc) is 2.90. The molecule has 3 nitrogen and oxygen atoms in total. The molecule has 19 heavy (non-hydrogen) atoms. The van der Waals surface area contributed by atoms with Gasteiger partial charge in [-0.2, -0.15) is 0 Å². The topological polar surface area (TPSA) is 59.4 Å². The Morgan fingerprint density at radius 2 is 1.95 bits per heavy atom. The molecule has 2 aromatic carbocycles. The smallest absolute Gasteiger partial charge is 0.134 e. The third-order valence-electron chi connectivity index (χ3n) is 3.31. The van der Waals surface area contributed by atoms with E-state index in [1.165, 1.54) is 0 Å². The lowest BCUT2D eigenvalue weighted by Gasteiger charge is -2.10. The number of fused-ring (bicyclic) bond motifs is 1. The summed E-state index contributed by atoms with van der Waals surface area (Å²) >= 11 is 0. The van der Waals surface area contributed by atoms with Crippen LogP contribution in [0.15, 0.2) is 59.2 Å². The Labute approximate surface area is 111 Å². The summed E-state index contributed by atoms with van der Waals surface area (Å²) in [6.45, 7) is 0.465. The van der Waals surface area contributed by atoms with Crippen LogP contribution in [0.4, 0.5) is 0 Å². The van der Waals surface area contributed by atoms with Gasteiger partial charge in [0, 0.05) is 17.5 Å². The highest BCUT2D eigenvalue weighted by Gasteiger charge is 2.16. The molecule has 0 aliphatic heterocycles. The molecule has 3 aromatic rings. The summed E-state index contributed by atoms with van der Waals surface area (Å²) in [7, 11) is 0. The van der Waals surface area contributed by atoms with Gasteiger partial charge in [-0.1, -0.05) is 42.5 Å². The Morgan fingerprint density at radius 3 is 2.79 bits per heavy atom. The number of furan rings is 1. The first kappa shape index (κ1) is 12.0. The van der Waals surface area contributed by atoms with Gasteiger partial charge in [-0.3, -0.25) is 0 Å². The van der Waals surface area contributed by atoms with Gasteiger partial charge < -0.3 is 15.3 Å². The molecule has 0 spiro atoms. The van der Waals surface area contributed by atoms with Crippen molar-refractivity contribution in [1.29, 1.82) is 0 Å². The van der Waals surface area contributed by atoms with Gasteiger partial charge in [0.2, 0.25) is 0 Å². The number of hydrogen-bond acceptors (Lipinski definition) is 3. The molecule has 0 saturated carbocycles. The fourth-order valence-corrected chi connectivity index (χ4v) is 2.28. The van der Waals surface area contributed by atoms with Crippen molar-refractivity contribution < 1.29 is 9.52 Å². The Morgan fingerprint density at radius 1 is 1.11 bits per heavy atom. The zero-order valence-electron chi connectivity index (χ0n) is 10.4. The van der Waals surface area contributed by atoms with E-state index in [2.05, 4.69) is 0 Å². The number of hydrogen-bond donors (Lipinski definition) is 2. The molecule has 1 atom stereocenters. The summed E-state index contributed by atoms with van der Waals surface area (Å²) in [5.41, 5.74) is 9.03. The summed E-state index contributed by atoms with van der Waals surface area (Å²) in [6.07, 6.45) is 0.917. The minimum atomic E-state index is -0.699. The maximum Gasteiger partial charge on any atom is 0.134 e. The summed E-state index contributed by atoms with van der Waals surface area (Å²) in [6, 6.07) is 15.4. The summed E-state index contributed by atoms with van der Waals surface area (Å²) in [5, 5.41) is 11.4. The van der Waals surface area contributed by atoms with Crippen LogP contribution in [-0.4, -0.2) is 5.11 Å². The second kappa shape index (κ2) is 4.88. The van der Waals surface area contributed by atoms with Crippen LogP contribution in [0.5, 0.6) is 0 Å². The fourth-order valence-electron chi connectivity index (χ4n) is 2.28. The second-order valence-corrected chi connectivity index (χ2v) is 4.54. The van der Waals surface area contributed by atoms with Gasteiger partial charge in [-0.25, -0.2) is 0 Å². The molecule has 0 aliphatic carbocycles. The van der Waals surface area contributed by atoms with Gasteiger partial charge in [0.15, 0.2) is 0 Å². The van der Waals surface area contributed by atoms with Crippen molar-refractivity contribution in [2.75, 3.05) is 0 Å². The van der Waals surface area contributed by atoms with Crippen molar-refractivity contribution in [3.05, 3.63) is 71.5 Å². The molecule has 3 heteroatoms. The first-order valence-electron chi connectivity index (χ1n) is 6.22. The predicted octanol–water partition coefficient (Wildman–Crippen LogP) is 2.97. The molecule has 3 N–H and O–H groups in total. The molecular formula is C16H15NO2. The van der Waals surface area contributed by atoms with Crippen molar-refractivity contribution >= 4 is 11.0 Å². The second-order valence-electron chi connectivity index (χ2n) is 4.54. The molecule has 0 amide bonds. The van der Waals surface area contributed by atoms with Gasteiger partial charge in [-0.05, 0) is 17.2 Å². The molecule has 1 unspecified atom stereocenters. The predicted molar refractivity (Wildman–Crippen MR) is 74.6 cm³/mol. The highest BCUT2D eigenvalue weighted by molar-refractivity contribution is 5.81. The van der Waals surface area contributed by atoms with Crippen molar-refractivity contribution in [2.45, 2.75) is 12.6 Å². The quantitative estimate of drug-likeness (QED) is 0.754. The number of nitrogens with two attached hydrogens (primary N) is 1. The molecule has 0 fully saturated rings. The first-order chi connectivity index (χ1) is 9.29. The van der Waals surface area contributed by atoms with E-state index in [1.54, 1.807) is 6.26 Å². The van der Waals surface area contributed by atoms with E-state index >= 15 is 0 Å². The lowest BCUT2D eigenvalue weighted by Crippen LogP contribution is -2.02. The zero-order valence-corrected chi connectivity index (χ0v) is 10.4. The van der Waals surface area contributed by atoms with Crippen LogP contribution < -0.4 is 5.73 Å². The van der Waals surface area contributed by atoms with Crippen LogP contribution in [0.3, 0.4) is 0 Å². The van der Waals surface area contributed by atoms with Gasteiger partial charge in [-0.15, -0.1) is 0 Å². The molecule has 0 saturated heterocycles. The Kier molecular flexibility index (Phi) is 3.07. The standard InChI is InChI=1S/C16H15NO2/c17-9-11-4-3-5-12(8-11)16(18)14-10-19-15-7-2-1-6-13(14)15/h1-8,10,16,18H,9,17H2. The number of aliphatic hydroxyl groups is 1. The van der Waals surface area contributed by atoms with Gasteiger partial charge in [0.25, 0.3) is 0 Å². The maximum atomic E-state index is 10.5. The summed E-state index contributed by atoms with van der Waals surface area (Å²) in [5.74, 6) is 0. The lowest BCUT2D eigenvalue weighted by molar-refractivity contribution is 0.220. The van der Waals surface area contributed by atoms with Crippen LogP contribution in [0.2, 0.25) is 0 Å². The molecule has 0 bridgehead atoms. The Balaban J connectivity index is 2.05.